The Labute approximate surface area is 125 Å². The van der Waals surface area contributed by atoms with Crippen LogP contribution in [0.25, 0.3) is 0 Å². The Morgan fingerprint density at radius 2 is 2.19 bits per heavy atom. The summed E-state index contributed by atoms with van der Waals surface area (Å²) in [5.74, 6) is 1.23. The number of aliphatic hydroxyl groups is 1. The zero-order valence-corrected chi connectivity index (χ0v) is 12.9. The van der Waals surface area contributed by atoms with Crippen molar-refractivity contribution in [3.8, 4) is 6.01 Å². The van der Waals surface area contributed by atoms with E-state index >= 15 is 0 Å². The Morgan fingerprint density at radius 3 is 2.90 bits per heavy atom. The molecule has 1 aromatic heterocycles. The molecular weight excluding hydrogens is 270 g/mol. The topological polar surface area (TPSA) is 83.4 Å². The summed E-state index contributed by atoms with van der Waals surface area (Å²) in [6.07, 6.45) is 4.02. The maximum Gasteiger partial charge on any atom is 0.323 e. The standard InChI is InChI=1S/C14H25N5O2/c1-3-15-12-16-13(18-14(17-12)21-4-2)19-9-5-7-11(19)8-6-10-20/h11,20H,3-10H2,1-2H3,(H,15,16,17,18). The number of nitrogens with zero attached hydrogens (tertiary/aromatic N) is 4. The molecule has 1 aliphatic rings. The van der Waals surface area contributed by atoms with Crippen LogP contribution in [-0.2, 0) is 0 Å². The lowest BCUT2D eigenvalue weighted by Crippen LogP contribution is -2.31. The molecule has 0 aromatic carbocycles. The van der Waals surface area contributed by atoms with Crippen LogP contribution in [0.4, 0.5) is 11.9 Å². The third-order valence-electron chi connectivity index (χ3n) is 3.54. The molecule has 0 spiro atoms. The second-order valence-electron chi connectivity index (χ2n) is 5.06. The van der Waals surface area contributed by atoms with Crippen molar-refractivity contribution < 1.29 is 9.84 Å². The summed E-state index contributed by atoms with van der Waals surface area (Å²) in [6.45, 7) is 6.37. The van der Waals surface area contributed by atoms with Crippen LogP contribution in [0.2, 0.25) is 0 Å². The van der Waals surface area contributed by atoms with Gasteiger partial charge in [-0.1, -0.05) is 0 Å². The first-order valence-electron chi connectivity index (χ1n) is 7.78. The number of anilines is 2. The Kier molecular flexibility index (Phi) is 5.98. The zero-order valence-electron chi connectivity index (χ0n) is 12.9. The Balaban J connectivity index is 2.19. The predicted octanol–water partition coefficient (Wildman–Crippen LogP) is 1.44. The summed E-state index contributed by atoms with van der Waals surface area (Å²) in [6, 6.07) is 0.759. The van der Waals surface area contributed by atoms with Gasteiger partial charge in [-0.2, -0.15) is 15.0 Å². The monoisotopic (exact) mass is 295 g/mol. The van der Waals surface area contributed by atoms with Gasteiger partial charge in [0.25, 0.3) is 0 Å². The van der Waals surface area contributed by atoms with E-state index in [4.69, 9.17) is 9.84 Å². The number of ether oxygens (including phenoxy) is 1. The molecule has 1 fully saturated rings. The van der Waals surface area contributed by atoms with Gasteiger partial charge in [0.05, 0.1) is 6.61 Å². The zero-order chi connectivity index (χ0) is 15.1. The van der Waals surface area contributed by atoms with Gasteiger partial charge >= 0.3 is 6.01 Å². The van der Waals surface area contributed by atoms with Crippen molar-refractivity contribution in [2.75, 3.05) is 36.5 Å². The largest absolute Gasteiger partial charge is 0.464 e. The van der Waals surface area contributed by atoms with Crippen LogP contribution in [0.5, 0.6) is 6.01 Å². The van der Waals surface area contributed by atoms with E-state index in [1.165, 1.54) is 0 Å². The highest BCUT2D eigenvalue weighted by atomic mass is 16.5. The van der Waals surface area contributed by atoms with E-state index in [0.29, 0.717) is 30.6 Å². The van der Waals surface area contributed by atoms with Gasteiger partial charge in [0.2, 0.25) is 11.9 Å². The van der Waals surface area contributed by atoms with Crippen molar-refractivity contribution in [2.45, 2.75) is 45.6 Å². The highest BCUT2D eigenvalue weighted by Crippen LogP contribution is 2.27. The second-order valence-corrected chi connectivity index (χ2v) is 5.06. The molecule has 2 rings (SSSR count). The minimum absolute atomic E-state index is 0.231. The smallest absolute Gasteiger partial charge is 0.323 e. The first-order valence-corrected chi connectivity index (χ1v) is 7.78. The summed E-state index contributed by atoms with van der Waals surface area (Å²) in [7, 11) is 0. The van der Waals surface area contributed by atoms with Crippen molar-refractivity contribution in [1.29, 1.82) is 0 Å². The lowest BCUT2D eigenvalue weighted by molar-refractivity contribution is 0.279. The third-order valence-corrected chi connectivity index (χ3v) is 3.54. The van der Waals surface area contributed by atoms with Crippen LogP contribution in [0.15, 0.2) is 0 Å². The number of nitrogens with one attached hydrogen (secondary N) is 1. The lowest BCUT2D eigenvalue weighted by atomic mass is 10.1. The molecule has 21 heavy (non-hydrogen) atoms. The van der Waals surface area contributed by atoms with Crippen LogP contribution < -0.4 is 15.0 Å². The van der Waals surface area contributed by atoms with Gasteiger partial charge in [-0.05, 0) is 39.5 Å². The summed E-state index contributed by atoms with van der Waals surface area (Å²) in [5.41, 5.74) is 0. The Morgan fingerprint density at radius 1 is 1.33 bits per heavy atom. The van der Waals surface area contributed by atoms with Crippen molar-refractivity contribution in [3.63, 3.8) is 0 Å². The molecule has 7 nitrogen and oxygen atoms in total. The molecule has 0 saturated carbocycles. The summed E-state index contributed by atoms with van der Waals surface area (Å²) in [5, 5.41) is 12.1. The van der Waals surface area contributed by atoms with Crippen molar-refractivity contribution in [3.05, 3.63) is 0 Å². The van der Waals surface area contributed by atoms with Crippen molar-refractivity contribution >= 4 is 11.9 Å². The van der Waals surface area contributed by atoms with Crippen LogP contribution in [-0.4, -0.2) is 52.4 Å². The minimum atomic E-state index is 0.231. The molecule has 1 aliphatic heterocycles. The SMILES string of the molecule is CCNc1nc(OCC)nc(N2CCCC2CCCO)n1. The fourth-order valence-electron chi connectivity index (χ4n) is 2.63. The molecule has 0 amide bonds. The normalized spacial score (nSPS) is 18.0. The van der Waals surface area contributed by atoms with Gasteiger partial charge in [0.15, 0.2) is 0 Å². The Bertz CT molecular complexity index is 419. The van der Waals surface area contributed by atoms with Crippen LogP contribution in [0, 0.1) is 0 Å². The number of rotatable bonds is 8. The van der Waals surface area contributed by atoms with Crippen molar-refractivity contribution in [2.24, 2.45) is 0 Å². The highest BCUT2D eigenvalue weighted by molar-refractivity contribution is 5.40. The van der Waals surface area contributed by atoms with Crippen LogP contribution >= 0.6 is 0 Å². The maximum atomic E-state index is 9.02. The highest BCUT2D eigenvalue weighted by Gasteiger charge is 2.27. The van der Waals surface area contributed by atoms with E-state index in [-0.39, 0.29) is 6.61 Å². The molecular formula is C14H25N5O2. The third kappa shape index (κ3) is 4.17. The number of aliphatic hydroxyl groups excluding tert-OH is 1. The molecule has 1 saturated heterocycles. The van der Waals surface area contributed by atoms with Crippen LogP contribution in [0.1, 0.15) is 39.5 Å². The van der Waals surface area contributed by atoms with Gasteiger partial charge in [0, 0.05) is 25.7 Å². The Hall–Kier alpha value is -1.63. The van der Waals surface area contributed by atoms with E-state index in [1.54, 1.807) is 0 Å². The summed E-state index contributed by atoms with van der Waals surface area (Å²) >= 11 is 0. The number of aromatic nitrogens is 3. The van der Waals surface area contributed by atoms with Gasteiger partial charge in [-0.15, -0.1) is 0 Å². The maximum absolute atomic E-state index is 9.02. The number of hydrogen-bond acceptors (Lipinski definition) is 7. The van der Waals surface area contributed by atoms with Gasteiger partial charge in [-0.25, -0.2) is 0 Å². The van der Waals surface area contributed by atoms with Gasteiger partial charge in [0.1, 0.15) is 0 Å². The van der Waals surface area contributed by atoms with Gasteiger partial charge in [-0.3, -0.25) is 0 Å². The van der Waals surface area contributed by atoms with E-state index < -0.39 is 0 Å². The van der Waals surface area contributed by atoms with Crippen molar-refractivity contribution in [1.82, 2.24) is 15.0 Å². The first kappa shape index (κ1) is 15.8. The molecule has 0 aliphatic carbocycles. The minimum Gasteiger partial charge on any atom is -0.464 e. The first-order chi connectivity index (χ1) is 10.3. The predicted molar refractivity (Wildman–Crippen MR) is 81.8 cm³/mol. The molecule has 0 bridgehead atoms. The molecule has 118 valence electrons. The summed E-state index contributed by atoms with van der Waals surface area (Å²) < 4.78 is 5.44. The quantitative estimate of drug-likeness (QED) is 0.751. The van der Waals surface area contributed by atoms with E-state index in [2.05, 4.69) is 25.2 Å². The fourth-order valence-corrected chi connectivity index (χ4v) is 2.63. The van der Waals surface area contributed by atoms with Gasteiger partial charge < -0.3 is 20.1 Å². The molecule has 1 unspecified atom stereocenters. The van der Waals surface area contributed by atoms with E-state index in [1.807, 2.05) is 13.8 Å². The average Bonchev–Trinajstić information content (AvgIpc) is 2.94. The molecule has 1 aromatic rings. The summed E-state index contributed by atoms with van der Waals surface area (Å²) in [4.78, 5) is 15.4. The van der Waals surface area contributed by atoms with E-state index in [0.717, 1.165) is 38.8 Å². The number of hydrogen-bond donors (Lipinski definition) is 2. The molecule has 1 atom stereocenters. The lowest BCUT2D eigenvalue weighted by Gasteiger charge is -2.24. The van der Waals surface area contributed by atoms with Crippen LogP contribution in [0.3, 0.4) is 0 Å². The molecule has 2 heterocycles. The fraction of sp³-hybridized carbons (Fsp3) is 0.786. The van der Waals surface area contributed by atoms with E-state index in [9.17, 15) is 0 Å². The average molecular weight is 295 g/mol. The second kappa shape index (κ2) is 7.97. The molecule has 0 radical (unpaired) electrons. The molecule has 2 N–H and O–H groups in total. The molecule has 7 heteroatoms.